The minimum atomic E-state index is 0.648. The highest BCUT2D eigenvalue weighted by molar-refractivity contribution is 7.98. The number of methoxy groups -OCH3 is 1. The molecule has 2 heterocycles. The molecule has 3 rings (SSSR count). The number of aromatic amines is 1. The van der Waals surface area contributed by atoms with E-state index in [-0.39, 0.29) is 0 Å². The quantitative estimate of drug-likeness (QED) is 0.495. The summed E-state index contributed by atoms with van der Waals surface area (Å²) < 4.78 is 10.9. The molecule has 0 atom stereocenters. The number of imidazole rings is 1. The van der Waals surface area contributed by atoms with E-state index in [1.807, 2.05) is 43.5 Å². The van der Waals surface area contributed by atoms with Crippen molar-refractivity contribution in [2.45, 2.75) is 24.3 Å². The van der Waals surface area contributed by atoms with E-state index in [9.17, 15) is 0 Å². The molecular formula is C18H21N3O2S. The van der Waals surface area contributed by atoms with Gasteiger partial charge in [-0.1, -0.05) is 23.9 Å². The maximum atomic E-state index is 5.83. The van der Waals surface area contributed by atoms with E-state index in [4.69, 9.17) is 9.47 Å². The summed E-state index contributed by atoms with van der Waals surface area (Å²) in [5.41, 5.74) is 4.07. The number of aromatic nitrogens is 3. The van der Waals surface area contributed by atoms with Gasteiger partial charge in [0.15, 0.2) is 5.16 Å². The van der Waals surface area contributed by atoms with Gasteiger partial charge in [0.05, 0.1) is 23.3 Å². The van der Waals surface area contributed by atoms with Crippen molar-refractivity contribution in [2.75, 3.05) is 20.3 Å². The Labute approximate surface area is 145 Å². The van der Waals surface area contributed by atoms with E-state index in [0.717, 1.165) is 45.4 Å². The maximum Gasteiger partial charge on any atom is 0.166 e. The molecule has 0 unspecified atom stereocenters. The molecule has 0 aliphatic heterocycles. The molecule has 0 radical (unpaired) electrons. The van der Waals surface area contributed by atoms with E-state index >= 15 is 0 Å². The van der Waals surface area contributed by atoms with Crippen LogP contribution in [0.3, 0.4) is 0 Å². The molecule has 1 N–H and O–H groups in total. The largest absolute Gasteiger partial charge is 0.493 e. The van der Waals surface area contributed by atoms with Gasteiger partial charge < -0.3 is 14.5 Å². The van der Waals surface area contributed by atoms with Crippen LogP contribution in [-0.2, 0) is 10.5 Å². The Morgan fingerprint density at radius 1 is 1.21 bits per heavy atom. The van der Waals surface area contributed by atoms with Gasteiger partial charge in [-0.05, 0) is 19.1 Å². The molecule has 0 aliphatic rings. The highest BCUT2D eigenvalue weighted by Crippen LogP contribution is 2.25. The summed E-state index contributed by atoms with van der Waals surface area (Å²) in [6, 6.07) is 10.0. The molecular weight excluding hydrogens is 322 g/mol. The zero-order valence-corrected chi connectivity index (χ0v) is 14.7. The smallest absolute Gasteiger partial charge is 0.166 e. The standard InChI is InChI=1S/C18H21N3O2S/c1-13-11-19-14(10-17(13)23-9-5-8-22-2)12-24-18-20-15-6-3-4-7-16(15)21-18/h3-4,6-7,10-11H,5,8-9,12H2,1-2H3,(H,20,21). The molecule has 6 heteroatoms. The van der Waals surface area contributed by atoms with Crippen molar-refractivity contribution in [1.82, 2.24) is 15.0 Å². The van der Waals surface area contributed by atoms with Crippen LogP contribution in [0.5, 0.6) is 5.75 Å². The van der Waals surface area contributed by atoms with E-state index in [1.165, 1.54) is 0 Å². The number of hydrogen-bond acceptors (Lipinski definition) is 5. The molecule has 0 saturated heterocycles. The summed E-state index contributed by atoms with van der Waals surface area (Å²) in [7, 11) is 1.70. The number of hydrogen-bond donors (Lipinski definition) is 1. The van der Waals surface area contributed by atoms with E-state index in [2.05, 4.69) is 15.0 Å². The monoisotopic (exact) mass is 343 g/mol. The number of para-hydroxylation sites is 2. The number of aryl methyl sites for hydroxylation is 1. The molecule has 0 spiro atoms. The highest BCUT2D eigenvalue weighted by Gasteiger charge is 2.07. The number of nitrogens with one attached hydrogen (secondary N) is 1. The topological polar surface area (TPSA) is 60.0 Å². The van der Waals surface area contributed by atoms with Gasteiger partial charge in [0.2, 0.25) is 0 Å². The fourth-order valence-corrected chi connectivity index (χ4v) is 3.09. The maximum absolute atomic E-state index is 5.83. The van der Waals surface area contributed by atoms with Crippen LogP contribution in [0.1, 0.15) is 17.7 Å². The first-order chi connectivity index (χ1) is 11.8. The summed E-state index contributed by atoms with van der Waals surface area (Å²) in [5, 5.41) is 0.904. The summed E-state index contributed by atoms with van der Waals surface area (Å²) in [4.78, 5) is 12.4. The Kier molecular flexibility index (Phi) is 5.72. The van der Waals surface area contributed by atoms with Crippen molar-refractivity contribution in [2.24, 2.45) is 0 Å². The lowest BCUT2D eigenvalue weighted by molar-refractivity contribution is 0.172. The third-order valence-electron chi connectivity index (χ3n) is 3.59. The summed E-state index contributed by atoms with van der Waals surface area (Å²) in [6.07, 6.45) is 2.74. The third-order valence-corrected chi connectivity index (χ3v) is 4.49. The average Bonchev–Trinajstić information content (AvgIpc) is 3.02. The first-order valence-electron chi connectivity index (χ1n) is 7.91. The van der Waals surface area contributed by atoms with Crippen molar-refractivity contribution in [3.05, 3.63) is 47.8 Å². The Bertz CT molecular complexity index is 771. The van der Waals surface area contributed by atoms with Gasteiger partial charge >= 0.3 is 0 Å². The van der Waals surface area contributed by atoms with Gasteiger partial charge in [0, 0.05) is 43.7 Å². The third kappa shape index (κ3) is 4.27. The van der Waals surface area contributed by atoms with Gasteiger partial charge in [-0.15, -0.1) is 0 Å². The molecule has 2 aromatic heterocycles. The van der Waals surface area contributed by atoms with Crippen molar-refractivity contribution in [3.63, 3.8) is 0 Å². The lowest BCUT2D eigenvalue weighted by Crippen LogP contribution is -2.03. The first-order valence-corrected chi connectivity index (χ1v) is 8.89. The van der Waals surface area contributed by atoms with Crippen molar-refractivity contribution in [3.8, 4) is 5.75 Å². The second kappa shape index (κ2) is 8.17. The number of benzene rings is 1. The highest BCUT2D eigenvalue weighted by atomic mass is 32.2. The van der Waals surface area contributed by atoms with Crippen LogP contribution in [0.4, 0.5) is 0 Å². The van der Waals surface area contributed by atoms with Crippen molar-refractivity contribution in [1.29, 1.82) is 0 Å². The molecule has 1 aromatic carbocycles. The number of rotatable bonds is 8. The van der Waals surface area contributed by atoms with Gasteiger partial charge in [-0.3, -0.25) is 4.98 Å². The summed E-state index contributed by atoms with van der Waals surface area (Å²) in [6.45, 7) is 3.36. The number of nitrogens with zero attached hydrogens (tertiary/aromatic N) is 2. The molecule has 5 nitrogen and oxygen atoms in total. The molecule has 126 valence electrons. The fraction of sp³-hybridized carbons (Fsp3) is 0.333. The molecule has 0 aliphatic carbocycles. The molecule has 0 bridgehead atoms. The Morgan fingerprint density at radius 2 is 2.08 bits per heavy atom. The first kappa shape index (κ1) is 16.8. The van der Waals surface area contributed by atoms with Crippen LogP contribution >= 0.6 is 11.8 Å². The molecule has 24 heavy (non-hydrogen) atoms. The molecule has 0 saturated carbocycles. The second-order valence-corrected chi connectivity index (χ2v) is 6.45. The number of H-pyrrole nitrogens is 1. The average molecular weight is 343 g/mol. The molecule has 0 amide bonds. The Hall–Kier alpha value is -2.05. The predicted octanol–water partition coefficient (Wildman–Crippen LogP) is 3.97. The van der Waals surface area contributed by atoms with Crippen molar-refractivity contribution < 1.29 is 9.47 Å². The van der Waals surface area contributed by atoms with Crippen molar-refractivity contribution >= 4 is 22.8 Å². The van der Waals surface area contributed by atoms with E-state index < -0.39 is 0 Å². The Morgan fingerprint density at radius 3 is 2.92 bits per heavy atom. The van der Waals surface area contributed by atoms with Crippen LogP contribution in [-0.4, -0.2) is 35.3 Å². The van der Waals surface area contributed by atoms with E-state index in [1.54, 1.807) is 18.9 Å². The number of pyridine rings is 1. The van der Waals surface area contributed by atoms with Crippen LogP contribution in [0.15, 0.2) is 41.7 Å². The van der Waals surface area contributed by atoms with Gasteiger partial charge in [-0.2, -0.15) is 0 Å². The van der Waals surface area contributed by atoms with Crippen LogP contribution in [0.2, 0.25) is 0 Å². The number of ether oxygens (including phenoxy) is 2. The molecule has 0 fully saturated rings. The zero-order valence-electron chi connectivity index (χ0n) is 13.9. The lowest BCUT2D eigenvalue weighted by Gasteiger charge is -2.10. The van der Waals surface area contributed by atoms with Gasteiger partial charge in [0.1, 0.15) is 5.75 Å². The molecule has 3 aromatic rings. The predicted molar refractivity (Wildman–Crippen MR) is 96.6 cm³/mol. The normalized spacial score (nSPS) is 11.1. The summed E-state index contributed by atoms with van der Waals surface area (Å²) in [5.74, 6) is 1.63. The van der Waals surface area contributed by atoms with Gasteiger partial charge in [-0.25, -0.2) is 4.98 Å². The SMILES string of the molecule is COCCCOc1cc(CSc2nc3ccccc3[nH]2)ncc1C. The zero-order chi connectivity index (χ0) is 16.8. The number of thioether (sulfide) groups is 1. The lowest BCUT2D eigenvalue weighted by atomic mass is 10.2. The minimum Gasteiger partial charge on any atom is -0.493 e. The van der Waals surface area contributed by atoms with Gasteiger partial charge in [0.25, 0.3) is 0 Å². The fourth-order valence-electron chi connectivity index (χ4n) is 2.31. The summed E-state index contributed by atoms with van der Waals surface area (Å²) >= 11 is 1.64. The minimum absolute atomic E-state index is 0.648. The van der Waals surface area contributed by atoms with E-state index in [0.29, 0.717) is 13.2 Å². The van der Waals surface area contributed by atoms with Crippen LogP contribution in [0.25, 0.3) is 11.0 Å². The van der Waals surface area contributed by atoms with Crippen LogP contribution in [0, 0.1) is 6.92 Å². The number of fused-ring (bicyclic) bond motifs is 1. The Balaban J connectivity index is 1.62. The second-order valence-electron chi connectivity index (χ2n) is 5.48. The van der Waals surface area contributed by atoms with Crippen LogP contribution < -0.4 is 4.74 Å².